The number of nitrogens with zero attached hydrogens (tertiary/aromatic N) is 2. The highest BCUT2D eigenvalue weighted by molar-refractivity contribution is 6.04. The van der Waals surface area contributed by atoms with Gasteiger partial charge in [-0.3, -0.25) is 4.79 Å². The molecule has 1 aromatic heterocycles. The third-order valence-corrected chi connectivity index (χ3v) is 4.27. The van der Waals surface area contributed by atoms with Gasteiger partial charge in [0.2, 0.25) is 0 Å². The van der Waals surface area contributed by atoms with E-state index < -0.39 is 0 Å². The lowest BCUT2D eigenvalue weighted by Gasteiger charge is -2.20. The Balaban J connectivity index is 1.64. The molecule has 0 aliphatic rings. The van der Waals surface area contributed by atoms with Gasteiger partial charge in [-0.05, 0) is 48.9 Å². The summed E-state index contributed by atoms with van der Waals surface area (Å²) in [5, 5.41) is 3.31. The molecule has 138 valence electrons. The van der Waals surface area contributed by atoms with Crippen molar-refractivity contribution < 1.29 is 9.53 Å². The summed E-state index contributed by atoms with van der Waals surface area (Å²) in [6.07, 6.45) is 1.69. The third kappa shape index (κ3) is 4.64. The maximum atomic E-state index is 12.8. The summed E-state index contributed by atoms with van der Waals surface area (Å²) in [4.78, 5) is 18.8. The minimum Gasteiger partial charge on any atom is -0.497 e. The van der Waals surface area contributed by atoms with Crippen LogP contribution in [0.1, 0.15) is 23.0 Å². The van der Waals surface area contributed by atoms with Gasteiger partial charge >= 0.3 is 0 Å². The Labute approximate surface area is 159 Å². The fraction of sp³-hybridized carbons (Fsp3) is 0.182. The van der Waals surface area contributed by atoms with E-state index in [2.05, 4.69) is 10.3 Å². The molecule has 0 atom stereocenters. The Kier molecular flexibility index (Phi) is 6.05. The average Bonchev–Trinajstić information content (AvgIpc) is 2.74. The Morgan fingerprint density at radius 1 is 1.04 bits per heavy atom. The van der Waals surface area contributed by atoms with Crippen LogP contribution in [-0.2, 0) is 6.54 Å². The van der Waals surface area contributed by atoms with Crippen LogP contribution in [0, 0.1) is 0 Å². The lowest BCUT2D eigenvalue weighted by atomic mass is 10.2. The van der Waals surface area contributed by atoms with Crippen LogP contribution in [-0.4, -0.2) is 24.5 Å². The number of methoxy groups -OCH3 is 1. The molecule has 1 heterocycles. The van der Waals surface area contributed by atoms with Crippen LogP contribution in [0.3, 0.4) is 0 Å². The molecular weight excluding hydrogens is 338 g/mol. The summed E-state index contributed by atoms with van der Waals surface area (Å²) in [5.74, 6) is 0.729. The molecule has 2 aromatic carbocycles. The van der Waals surface area contributed by atoms with E-state index in [0.717, 1.165) is 22.7 Å². The Bertz CT molecular complexity index is 862. The number of ether oxygens (including phenoxy) is 1. The van der Waals surface area contributed by atoms with Gasteiger partial charge in [-0.25, -0.2) is 4.98 Å². The third-order valence-electron chi connectivity index (χ3n) is 4.27. The first-order valence-corrected chi connectivity index (χ1v) is 8.91. The number of hydrogen-bond acceptors (Lipinski definition) is 4. The van der Waals surface area contributed by atoms with Crippen LogP contribution < -0.4 is 15.0 Å². The number of carbonyl (C=O) groups is 1. The molecule has 3 aromatic rings. The van der Waals surface area contributed by atoms with Crippen molar-refractivity contribution in [2.24, 2.45) is 0 Å². The topological polar surface area (TPSA) is 54.5 Å². The number of benzene rings is 2. The molecule has 0 spiro atoms. The van der Waals surface area contributed by atoms with Gasteiger partial charge in [-0.15, -0.1) is 0 Å². The molecule has 0 saturated heterocycles. The first-order valence-electron chi connectivity index (χ1n) is 8.91. The van der Waals surface area contributed by atoms with Crippen LogP contribution in [0.25, 0.3) is 0 Å². The van der Waals surface area contributed by atoms with Gasteiger partial charge in [0.05, 0.1) is 19.0 Å². The zero-order chi connectivity index (χ0) is 19.1. The van der Waals surface area contributed by atoms with E-state index in [1.807, 2.05) is 67.6 Å². The van der Waals surface area contributed by atoms with E-state index in [1.165, 1.54) is 0 Å². The molecule has 0 aliphatic heterocycles. The fourth-order valence-electron chi connectivity index (χ4n) is 2.76. The molecule has 5 nitrogen and oxygen atoms in total. The van der Waals surface area contributed by atoms with Gasteiger partial charge in [-0.2, -0.15) is 0 Å². The summed E-state index contributed by atoms with van der Waals surface area (Å²) in [5.41, 5.74) is 3.30. The van der Waals surface area contributed by atoms with Crippen LogP contribution in [0.15, 0.2) is 72.9 Å². The van der Waals surface area contributed by atoms with Gasteiger partial charge in [0.1, 0.15) is 11.4 Å². The molecular formula is C22H23N3O2. The van der Waals surface area contributed by atoms with Gasteiger partial charge in [-0.1, -0.05) is 30.3 Å². The van der Waals surface area contributed by atoms with Gasteiger partial charge in [0.25, 0.3) is 5.91 Å². The summed E-state index contributed by atoms with van der Waals surface area (Å²) in [6, 6.07) is 21.1. The average molecular weight is 361 g/mol. The molecule has 0 fully saturated rings. The number of hydrogen-bond donors (Lipinski definition) is 1. The lowest BCUT2D eigenvalue weighted by molar-refractivity contribution is 0.0983. The molecule has 5 heteroatoms. The second-order valence-electron chi connectivity index (χ2n) is 6.02. The van der Waals surface area contributed by atoms with Crippen molar-refractivity contribution in [3.63, 3.8) is 0 Å². The molecule has 0 saturated carbocycles. The number of amides is 1. The Morgan fingerprint density at radius 3 is 2.37 bits per heavy atom. The van der Waals surface area contributed by atoms with Crippen molar-refractivity contribution in [2.45, 2.75) is 13.5 Å². The van der Waals surface area contributed by atoms with Crippen molar-refractivity contribution in [1.82, 2.24) is 4.98 Å². The van der Waals surface area contributed by atoms with Crippen molar-refractivity contribution >= 4 is 17.3 Å². The maximum absolute atomic E-state index is 12.8. The Hall–Kier alpha value is -3.34. The van der Waals surface area contributed by atoms with Gasteiger partial charge in [0.15, 0.2) is 0 Å². The number of anilines is 2. The number of carbonyl (C=O) groups excluding carboxylic acids is 1. The van der Waals surface area contributed by atoms with E-state index in [9.17, 15) is 4.79 Å². The van der Waals surface area contributed by atoms with Crippen LogP contribution in [0.4, 0.5) is 11.4 Å². The van der Waals surface area contributed by atoms with Crippen molar-refractivity contribution in [3.8, 4) is 5.75 Å². The van der Waals surface area contributed by atoms with E-state index in [1.54, 1.807) is 24.3 Å². The van der Waals surface area contributed by atoms with Crippen molar-refractivity contribution in [3.05, 3.63) is 84.2 Å². The Morgan fingerprint density at radius 2 is 1.78 bits per heavy atom. The predicted molar refractivity (Wildman–Crippen MR) is 108 cm³/mol. The molecule has 27 heavy (non-hydrogen) atoms. The number of nitrogens with one attached hydrogen (secondary N) is 1. The van der Waals surface area contributed by atoms with Crippen LogP contribution in [0.5, 0.6) is 5.75 Å². The summed E-state index contributed by atoms with van der Waals surface area (Å²) < 4.78 is 5.16. The second kappa shape index (κ2) is 8.85. The number of pyridine rings is 1. The maximum Gasteiger partial charge on any atom is 0.276 e. The number of para-hydroxylation sites is 1. The summed E-state index contributed by atoms with van der Waals surface area (Å²) in [7, 11) is 1.65. The van der Waals surface area contributed by atoms with Crippen LogP contribution in [0.2, 0.25) is 0 Å². The molecule has 0 aliphatic carbocycles. The minimum absolute atomic E-state index is 0.106. The molecule has 3 rings (SSSR count). The molecule has 1 amide bonds. The zero-order valence-electron chi connectivity index (χ0n) is 15.6. The van der Waals surface area contributed by atoms with E-state index in [0.29, 0.717) is 18.8 Å². The molecule has 0 radical (unpaired) electrons. The fourth-order valence-corrected chi connectivity index (χ4v) is 2.76. The summed E-state index contributed by atoms with van der Waals surface area (Å²) >= 11 is 0. The number of rotatable bonds is 7. The van der Waals surface area contributed by atoms with E-state index in [-0.39, 0.29) is 5.91 Å². The molecule has 1 N–H and O–H groups in total. The second-order valence-corrected chi connectivity index (χ2v) is 6.02. The molecule has 0 unspecified atom stereocenters. The number of aromatic nitrogens is 1. The van der Waals surface area contributed by atoms with Gasteiger partial charge in [0, 0.05) is 18.8 Å². The van der Waals surface area contributed by atoms with Crippen molar-refractivity contribution in [1.29, 1.82) is 0 Å². The normalized spacial score (nSPS) is 10.3. The predicted octanol–water partition coefficient (Wildman–Crippen LogP) is 4.37. The molecule has 0 bridgehead atoms. The highest BCUT2D eigenvalue weighted by Gasteiger charge is 2.16. The SMILES string of the molecule is CCN(C(=O)c1ccc(NCc2ccc(OC)cc2)cn1)c1ccccc1. The van der Waals surface area contributed by atoms with Crippen LogP contribution >= 0.6 is 0 Å². The lowest BCUT2D eigenvalue weighted by Crippen LogP contribution is -2.31. The minimum atomic E-state index is -0.106. The summed E-state index contributed by atoms with van der Waals surface area (Å²) in [6.45, 7) is 3.21. The van der Waals surface area contributed by atoms with E-state index >= 15 is 0 Å². The quantitative estimate of drug-likeness (QED) is 0.679. The highest BCUT2D eigenvalue weighted by Crippen LogP contribution is 2.17. The highest BCUT2D eigenvalue weighted by atomic mass is 16.5. The van der Waals surface area contributed by atoms with Gasteiger partial charge < -0.3 is 15.0 Å². The van der Waals surface area contributed by atoms with E-state index in [4.69, 9.17) is 4.74 Å². The first kappa shape index (κ1) is 18.5. The standard InChI is InChI=1S/C22H23N3O2/c1-3-25(19-7-5-4-6-8-19)22(26)21-14-11-18(16-24-21)23-15-17-9-12-20(27-2)13-10-17/h4-14,16,23H,3,15H2,1-2H3. The largest absolute Gasteiger partial charge is 0.497 e. The van der Waals surface area contributed by atoms with Crippen molar-refractivity contribution in [2.75, 3.05) is 23.9 Å². The first-order chi connectivity index (χ1) is 13.2. The zero-order valence-corrected chi connectivity index (χ0v) is 15.6. The smallest absolute Gasteiger partial charge is 0.276 e. The monoisotopic (exact) mass is 361 g/mol.